The van der Waals surface area contributed by atoms with Crippen molar-refractivity contribution in [3.8, 4) is 5.75 Å². The Morgan fingerprint density at radius 2 is 1.75 bits per heavy atom. The molecule has 160 valence electrons. The number of hydrogen-bond donors (Lipinski definition) is 1. The molecule has 0 saturated heterocycles. The Bertz CT molecular complexity index is 1300. The van der Waals surface area contributed by atoms with E-state index in [1.165, 1.54) is 0 Å². The molecule has 0 aliphatic carbocycles. The zero-order valence-corrected chi connectivity index (χ0v) is 18.0. The Hall–Kier alpha value is -3.70. The Kier molecular flexibility index (Phi) is 6.19. The fourth-order valence-electron chi connectivity index (χ4n) is 3.36. The number of ketones is 1. The van der Waals surface area contributed by atoms with E-state index in [4.69, 9.17) is 16.3 Å². The molecule has 1 aromatic heterocycles. The van der Waals surface area contributed by atoms with Crippen LogP contribution in [-0.4, -0.2) is 21.8 Å². The van der Waals surface area contributed by atoms with Gasteiger partial charge in [0.15, 0.2) is 5.78 Å². The van der Waals surface area contributed by atoms with Crippen LogP contribution in [0.2, 0.25) is 5.02 Å². The normalized spacial score (nSPS) is 11.8. The summed E-state index contributed by atoms with van der Waals surface area (Å²) in [5.41, 5.74) is 2.82. The van der Waals surface area contributed by atoms with Gasteiger partial charge in [-0.2, -0.15) is 0 Å². The molecule has 0 radical (unpaired) electrons. The Morgan fingerprint density at radius 1 is 1.00 bits per heavy atom. The third kappa shape index (κ3) is 4.63. The molecule has 0 amide bonds. The summed E-state index contributed by atoms with van der Waals surface area (Å²) >= 11 is 5.95. The van der Waals surface area contributed by atoms with Gasteiger partial charge in [-0.15, -0.1) is 0 Å². The van der Waals surface area contributed by atoms with Gasteiger partial charge in [0, 0.05) is 16.0 Å². The van der Waals surface area contributed by atoms with Crippen molar-refractivity contribution in [3.63, 3.8) is 0 Å². The number of hydrogen-bond acceptors (Lipinski definition) is 4. The second-order valence-electron chi connectivity index (χ2n) is 7.44. The predicted molar refractivity (Wildman–Crippen MR) is 123 cm³/mol. The van der Waals surface area contributed by atoms with Crippen molar-refractivity contribution in [3.05, 3.63) is 106 Å². The number of ether oxygens (including phenoxy) is 1. The van der Waals surface area contributed by atoms with Gasteiger partial charge in [-0.3, -0.25) is 9.59 Å². The van der Waals surface area contributed by atoms with E-state index in [0.29, 0.717) is 27.5 Å². The van der Waals surface area contributed by atoms with Gasteiger partial charge in [0.1, 0.15) is 12.4 Å². The van der Waals surface area contributed by atoms with Crippen LogP contribution in [0.5, 0.6) is 5.75 Å². The quantitative estimate of drug-likeness (QED) is 0.359. The number of carboxylic acids is 1. The maximum atomic E-state index is 13.2. The van der Waals surface area contributed by atoms with Crippen molar-refractivity contribution in [1.82, 2.24) is 4.98 Å². The van der Waals surface area contributed by atoms with E-state index in [2.05, 4.69) is 4.98 Å². The molecular formula is C26H20ClNO4. The largest absolute Gasteiger partial charge is 0.487 e. The Morgan fingerprint density at radius 3 is 2.50 bits per heavy atom. The van der Waals surface area contributed by atoms with Gasteiger partial charge in [0.25, 0.3) is 0 Å². The fourth-order valence-corrected chi connectivity index (χ4v) is 3.49. The lowest BCUT2D eigenvalue weighted by Gasteiger charge is -2.14. The third-order valence-corrected chi connectivity index (χ3v) is 5.51. The van der Waals surface area contributed by atoms with Gasteiger partial charge in [0.2, 0.25) is 0 Å². The minimum absolute atomic E-state index is 0.166. The summed E-state index contributed by atoms with van der Waals surface area (Å²) < 4.78 is 5.98. The second kappa shape index (κ2) is 9.20. The number of carbonyl (C=O) groups is 2. The average molecular weight is 446 g/mol. The third-order valence-electron chi connectivity index (χ3n) is 5.26. The number of halogens is 1. The monoisotopic (exact) mass is 445 g/mol. The van der Waals surface area contributed by atoms with Crippen molar-refractivity contribution in [2.24, 2.45) is 0 Å². The van der Waals surface area contributed by atoms with Crippen LogP contribution >= 0.6 is 11.6 Å². The number of para-hydroxylation sites is 1. The van der Waals surface area contributed by atoms with Gasteiger partial charge in [-0.1, -0.05) is 41.9 Å². The highest BCUT2D eigenvalue weighted by Gasteiger charge is 2.20. The van der Waals surface area contributed by atoms with Gasteiger partial charge in [-0.25, -0.2) is 4.98 Å². The molecule has 0 aliphatic heterocycles. The lowest BCUT2D eigenvalue weighted by molar-refractivity contribution is -0.138. The van der Waals surface area contributed by atoms with Crippen LogP contribution < -0.4 is 4.74 Å². The van der Waals surface area contributed by atoms with Crippen LogP contribution in [-0.2, 0) is 11.4 Å². The average Bonchev–Trinajstić information content (AvgIpc) is 2.82. The maximum absolute atomic E-state index is 13.2. The lowest BCUT2D eigenvalue weighted by atomic mass is 9.95. The molecule has 1 heterocycles. The Labute approximate surface area is 190 Å². The first kappa shape index (κ1) is 21.5. The molecule has 0 saturated carbocycles. The number of nitrogens with zero attached hydrogens (tertiary/aromatic N) is 1. The molecule has 4 aromatic rings. The van der Waals surface area contributed by atoms with Crippen LogP contribution in [0.3, 0.4) is 0 Å². The number of carboxylic acid groups (broad SMARTS) is 1. The molecule has 3 aromatic carbocycles. The molecule has 0 aliphatic rings. The fraction of sp³-hybridized carbons (Fsp3) is 0.115. The highest BCUT2D eigenvalue weighted by molar-refractivity contribution is 6.30. The molecule has 0 spiro atoms. The zero-order valence-electron chi connectivity index (χ0n) is 17.3. The summed E-state index contributed by atoms with van der Waals surface area (Å²) in [5, 5.41) is 10.9. The van der Waals surface area contributed by atoms with Crippen LogP contribution in [0, 0.1) is 0 Å². The van der Waals surface area contributed by atoms with E-state index in [0.717, 1.165) is 16.6 Å². The van der Waals surface area contributed by atoms with Crippen molar-refractivity contribution < 1.29 is 19.4 Å². The molecule has 1 N–H and O–H groups in total. The van der Waals surface area contributed by atoms with Gasteiger partial charge in [0.05, 0.1) is 22.7 Å². The minimum atomic E-state index is -0.969. The van der Waals surface area contributed by atoms with Crippen molar-refractivity contribution in [1.29, 1.82) is 0 Å². The topological polar surface area (TPSA) is 76.5 Å². The van der Waals surface area contributed by atoms with Gasteiger partial charge < -0.3 is 9.84 Å². The predicted octanol–water partition coefficient (Wildman–Crippen LogP) is 5.89. The smallest absolute Gasteiger partial charge is 0.310 e. The van der Waals surface area contributed by atoms with E-state index in [-0.39, 0.29) is 12.4 Å². The molecule has 1 unspecified atom stereocenters. The summed E-state index contributed by atoms with van der Waals surface area (Å²) in [6, 6.07) is 23.1. The van der Waals surface area contributed by atoms with Gasteiger partial charge in [-0.05, 0) is 61.0 Å². The standard InChI is InChI=1S/C26H20ClNO4/c1-16(26(30)31)19-9-13-24(22(14-19)25(29)18-6-10-20(27)11-7-18)32-15-21-12-8-17-4-2-3-5-23(17)28-21/h2-14,16H,15H2,1H3,(H,30,31). The first-order valence-electron chi connectivity index (χ1n) is 10.1. The summed E-state index contributed by atoms with van der Waals surface area (Å²) in [6.07, 6.45) is 0. The molecule has 1 atom stereocenters. The van der Waals surface area contributed by atoms with Crippen LogP contribution in [0.1, 0.15) is 40.0 Å². The summed E-state index contributed by atoms with van der Waals surface area (Å²) in [4.78, 5) is 29.3. The molecule has 0 fully saturated rings. The molecule has 6 heteroatoms. The summed E-state index contributed by atoms with van der Waals surface area (Å²) in [6.45, 7) is 1.74. The van der Waals surface area contributed by atoms with E-state index >= 15 is 0 Å². The first-order chi connectivity index (χ1) is 15.4. The minimum Gasteiger partial charge on any atom is -0.487 e. The van der Waals surface area contributed by atoms with Crippen molar-refractivity contribution >= 4 is 34.3 Å². The maximum Gasteiger partial charge on any atom is 0.310 e. The number of fused-ring (bicyclic) bond motifs is 1. The zero-order chi connectivity index (χ0) is 22.7. The molecule has 32 heavy (non-hydrogen) atoms. The van der Waals surface area contributed by atoms with Gasteiger partial charge >= 0.3 is 5.97 Å². The number of aliphatic carboxylic acids is 1. The number of pyridine rings is 1. The van der Waals surface area contributed by atoms with E-state index in [1.54, 1.807) is 49.4 Å². The number of rotatable bonds is 7. The SMILES string of the molecule is CC(C(=O)O)c1ccc(OCc2ccc3ccccc3n2)c(C(=O)c2ccc(Cl)cc2)c1. The highest BCUT2D eigenvalue weighted by Crippen LogP contribution is 2.28. The Balaban J connectivity index is 1.67. The summed E-state index contributed by atoms with van der Waals surface area (Å²) in [5.74, 6) is -1.64. The van der Waals surface area contributed by atoms with Crippen molar-refractivity contribution in [2.45, 2.75) is 19.4 Å². The molecular weight excluding hydrogens is 426 g/mol. The second-order valence-corrected chi connectivity index (χ2v) is 7.87. The summed E-state index contributed by atoms with van der Waals surface area (Å²) in [7, 11) is 0. The van der Waals surface area contributed by atoms with Crippen molar-refractivity contribution in [2.75, 3.05) is 0 Å². The molecule has 5 nitrogen and oxygen atoms in total. The molecule has 4 rings (SSSR count). The lowest BCUT2D eigenvalue weighted by Crippen LogP contribution is -2.11. The molecule has 0 bridgehead atoms. The van der Waals surface area contributed by atoms with E-state index < -0.39 is 11.9 Å². The first-order valence-corrected chi connectivity index (χ1v) is 10.4. The van der Waals surface area contributed by atoms with Crippen LogP contribution in [0.25, 0.3) is 10.9 Å². The van der Waals surface area contributed by atoms with Crippen LogP contribution in [0.15, 0.2) is 78.9 Å². The number of benzene rings is 3. The number of carbonyl (C=O) groups excluding carboxylic acids is 1. The highest BCUT2D eigenvalue weighted by atomic mass is 35.5. The van der Waals surface area contributed by atoms with E-state index in [1.807, 2.05) is 36.4 Å². The number of aromatic nitrogens is 1. The van der Waals surface area contributed by atoms with E-state index in [9.17, 15) is 14.7 Å². The van der Waals surface area contributed by atoms with Crippen LogP contribution in [0.4, 0.5) is 0 Å².